The zero-order valence-corrected chi connectivity index (χ0v) is 12.5. The molecule has 1 aliphatic rings. The lowest BCUT2D eigenvalue weighted by Crippen LogP contribution is -2.26. The van der Waals surface area contributed by atoms with E-state index in [0.29, 0.717) is 0 Å². The van der Waals surface area contributed by atoms with Crippen LogP contribution in [-0.2, 0) is 0 Å². The van der Waals surface area contributed by atoms with Gasteiger partial charge in [-0.15, -0.1) is 0 Å². The number of rotatable bonds is 1. The Morgan fingerprint density at radius 1 is 1.17 bits per heavy atom. The van der Waals surface area contributed by atoms with Crippen molar-refractivity contribution in [1.29, 1.82) is 0 Å². The average molecular weight is 245 g/mol. The van der Waals surface area contributed by atoms with Crippen molar-refractivity contribution < 1.29 is 0 Å². The Morgan fingerprint density at radius 3 is 2.44 bits per heavy atom. The van der Waals surface area contributed by atoms with Crippen LogP contribution in [0.5, 0.6) is 0 Å². The molecular formula is C17H27N. The first-order chi connectivity index (χ1) is 8.83. The highest BCUT2D eigenvalue weighted by Crippen LogP contribution is 2.03. The molecule has 1 heteroatoms. The van der Waals surface area contributed by atoms with E-state index in [0.717, 1.165) is 12.8 Å². The Kier molecular flexibility index (Phi) is 9.94. The minimum Gasteiger partial charge on any atom is -0.264 e. The highest BCUT2D eigenvalue weighted by atomic mass is 14.6. The average Bonchev–Trinajstić information content (AvgIpc) is 2.64. The Morgan fingerprint density at radius 2 is 1.83 bits per heavy atom. The Bertz CT molecular complexity index is 455. The third kappa shape index (κ3) is 5.31. The quantitative estimate of drug-likeness (QED) is 0.733. The molecule has 1 aromatic rings. The van der Waals surface area contributed by atoms with E-state index < -0.39 is 0 Å². The predicted octanol–water partition coefficient (Wildman–Crippen LogP) is 3.83. The molecule has 0 aliphatic heterocycles. The minimum atomic E-state index is 1.02. The van der Waals surface area contributed by atoms with Gasteiger partial charge in [0.25, 0.3) is 0 Å². The molecule has 0 saturated carbocycles. The maximum absolute atomic E-state index is 4.14. The molecule has 1 nitrogen and oxygen atoms in total. The Hall–Kier alpha value is -1.37. The van der Waals surface area contributed by atoms with Crippen LogP contribution >= 0.6 is 0 Å². The van der Waals surface area contributed by atoms with E-state index in [1.807, 2.05) is 26.2 Å². The molecule has 1 heterocycles. The largest absolute Gasteiger partial charge is 0.264 e. The fraction of sp³-hybridized carbons (Fsp3) is 0.471. The molecule has 100 valence electrons. The van der Waals surface area contributed by atoms with Gasteiger partial charge >= 0.3 is 0 Å². The summed E-state index contributed by atoms with van der Waals surface area (Å²) in [5, 5.41) is 2.61. The van der Waals surface area contributed by atoms with Gasteiger partial charge in [-0.25, -0.2) is 0 Å². The van der Waals surface area contributed by atoms with Crippen molar-refractivity contribution in [2.75, 3.05) is 0 Å². The number of aromatic nitrogens is 1. The third-order valence-corrected chi connectivity index (χ3v) is 2.37. The van der Waals surface area contributed by atoms with Crippen molar-refractivity contribution in [3.8, 4) is 0 Å². The van der Waals surface area contributed by atoms with E-state index in [1.54, 1.807) is 0 Å². The highest BCUT2D eigenvalue weighted by Gasteiger charge is 1.95. The Balaban J connectivity index is 0.000000509. The summed E-state index contributed by atoms with van der Waals surface area (Å²) in [6.45, 7) is 10.4. The topological polar surface area (TPSA) is 12.9 Å². The summed E-state index contributed by atoms with van der Waals surface area (Å²) >= 11 is 0. The van der Waals surface area contributed by atoms with Gasteiger partial charge in [-0.3, -0.25) is 4.98 Å². The summed E-state index contributed by atoms with van der Waals surface area (Å²) < 4.78 is 0. The molecular weight excluding hydrogens is 218 g/mol. The second-order valence-electron chi connectivity index (χ2n) is 3.89. The van der Waals surface area contributed by atoms with E-state index in [9.17, 15) is 0 Å². The van der Waals surface area contributed by atoms with Crippen LogP contribution in [0.15, 0.2) is 30.6 Å². The van der Waals surface area contributed by atoms with E-state index in [-0.39, 0.29) is 0 Å². The van der Waals surface area contributed by atoms with E-state index in [1.165, 1.54) is 22.4 Å². The normalized spacial score (nSPS) is 11.9. The first kappa shape index (κ1) is 16.6. The molecule has 0 spiro atoms. The van der Waals surface area contributed by atoms with Gasteiger partial charge in [0.05, 0.1) is 0 Å². The zero-order valence-electron chi connectivity index (χ0n) is 12.5. The molecule has 0 saturated heterocycles. The summed E-state index contributed by atoms with van der Waals surface area (Å²) in [5.74, 6) is 0. The number of hydrogen-bond acceptors (Lipinski definition) is 1. The summed E-state index contributed by atoms with van der Waals surface area (Å²) in [6.07, 6.45) is 13.8. The van der Waals surface area contributed by atoms with Crippen LogP contribution in [0.2, 0.25) is 0 Å². The van der Waals surface area contributed by atoms with Gasteiger partial charge in [0, 0.05) is 12.4 Å². The first-order valence-corrected chi connectivity index (χ1v) is 7.13. The summed E-state index contributed by atoms with van der Waals surface area (Å²) in [7, 11) is 0. The number of pyridine rings is 1. The van der Waals surface area contributed by atoms with E-state index in [2.05, 4.69) is 50.0 Å². The van der Waals surface area contributed by atoms with Crippen molar-refractivity contribution in [3.05, 3.63) is 41.0 Å². The molecule has 1 aromatic heterocycles. The van der Waals surface area contributed by atoms with Gasteiger partial charge in [0.2, 0.25) is 0 Å². The lowest BCUT2D eigenvalue weighted by Gasteiger charge is -1.95. The summed E-state index contributed by atoms with van der Waals surface area (Å²) in [4.78, 5) is 4.14. The SMILES string of the molecule is CC.CCC.CCC1=c2ccncc2=CCC=C1. The fourth-order valence-electron chi connectivity index (χ4n) is 1.67. The van der Waals surface area contributed by atoms with Crippen molar-refractivity contribution in [2.24, 2.45) is 0 Å². The summed E-state index contributed by atoms with van der Waals surface area (Å²) in [5.41, 5.74) is 1.41. The summed E-state index contributed by atoms with van der Waals surface area (Å²) in [6, 6.07) is 2.10. The van der Waals surface area contributed by atoms with Gasteiger partial charge in [0.15, 0.2) is 0 Å². The molecule has 0 unspecified atom stereocenters. The van der Waals surface area contributed by atoms with Crippen molar-refractivity contribution in [2.45, 2.75) is 53.9 Å². The lowest BCUT2D eigenvalue weighted by molar-refractivity contribution is 1.09. The standard InChI is InChI=1S/C12H13N.C3H8.C2H6/c1-2-10-5-3-4-6-11-9-13-8-7-12(10)11;1-3-2;1-2/h3,5-9H,2,4H2,1H3;3H2,1-2H3;1-2H3. The highest BCUT2D eigenvalue weighted by molar-refractivity contribution is 5.58. The monoisotopic (exact) mass is 245 g/mol. The van der Waals surface area contributed by atoms with Crippen molar-refractivity contribution in [3.63, 3.8) is 0 Å². The second kappa shape index (κ2) is 10.8. The zero-order chi connectivity index (χ0) is 13.8. The van der Waals surface area contributed by atoms with Gasteiger partial charge in [-0.05, 0) is 34.9 Å². The molecule has 0 aromatic carbocycles. The fourth-order valence-corrected chi connectivity index (χ4v) is 1.67. The minimum absolute atomic E-state index is 1.02. The van der Waals surface area contributed by atoms with Crippen LogP contribution in [0.3, 0.4) is 0 Å². The van der Waals surface area contributed by atoms with E-state index in [4.69, 9.17) is 0 Å². The van der Waals surface area contributed by atoms with Crippen LogP contribution in [0.4, 0.5) is 0 Å². The molecule has 0 amide bonds. The molecule has 1 aliphatic carbocycles. The van der Waals surface area contributed by atoms with Crippen LogP contribution < -0.4 is 10.4 Å². The van der Waals surface area contributed by atoms with Gasteiger partial charge < -0.3 is 0 Å². The second-order valence-corrected chi connectivity index (χ2v) is 3.89. The van der Waals surface area contributed by atoms with Crippen molar-refractivity contribution in [1.82, 2.24) is 4.98 Å². The maximum atomic E-state index is 4.14. The molecule has 18 heavy (non-hydrogen) atoms. The van der Waals surface area contributed by atoms with Crippen LogP contribution in [-0.4, -0.2) is 4.98 Å². The van der Waals surface area contributed by atoms with E-state index >= 15 is 0 Å². The smallest absolute Gasteiger partial charge is 0.0343 e. The molecule has 0 N–H and O–H groups in total. The molecule has 0 atom stereocenters. The number of allylic oxidation sites excluding steroid dienone is 2. The van der Waals surface area contributed by atoms with Crippen molar-refractivity contribution >= 4 is 11.6 Å². The lowest BCUT2D eigenvalue weighted by atomic mass is 10.1. The third-order valence-electron chi connectivity index (χ3n) is 2.37. The van der Waals surface area contributed by atoms with Crippen LogP contribution in [0.1, 0.15) is 53.9 Å². The number of fused-ring (bicyclic) bond motifs is 1. The number of hydrogen-bond donors (Lipinski definition) is 0. The first-order valence-electron chi connectivity index (χ1n) is 7.13. The van der Waals surface area contributed by atoms with Crippen LogP contribution in [0.25, 0.3) is 11.6 Å². The molecule has 0 bridgehead atoms. The molecule has 0 radical (unpaired) electrons. The Labute approximate surface area is 112 Å². The van der Waals surface area contributed by atoms with Gasteiger partial charge in [-0.2, -0.15) is 0 Å². The van der Waals surface area contributed by atoms with Gasteiger partial charge in [-0.1, -0.05) is 59.3 Å². The number of nitrogens with zero attached hydrogens (tertiary/aromatic N) is 1. The molecule has 0 fully saturated rings. The predicted molar refractivity (Wildman–Crippen MR) is 82.7 cm³/mol. The molecule has 2 rings (SSSR count). The van der Waals surface area contributed by atoms with Gasteiger partial charge in [0.1, 0.15) is 0 Å². The van der Waals surface area contributed by atoms with Crippen LogP contribution in [0, 0.1) is 0 Å². The maximum Gasteiger partial charge on any atom is 0.0343 e.